The molecule has 0 aliphatic carbocycles. The van der Waals surface area contributed by atoms with E-state index in [9.17, 15) is 8.42 Å². The van der Waals surface area contributed by atoms with Gasteiger partial charge < -0.3 is 0 Å². The van der Waals surface area contributed by atoms with Gasteiger partial charge in [0.2, 0.25) is 0 Å². The second kappa shape index (κ2) is 5.40. The molecule has 3 rings (SSSR count). The molecule has 0 fully saturated rings. The summed E-state index contributed by atoms with van der Waals surface area (Å²) in [7, 11) is -3.57. The van der Waals surface area contributed by atoms with Crippen molar-refractivity contribution < 1.29 is 8.42 Å². The lowest BCUT2D eigenvalue weighted by atomic mass is 10.2. The van der Waals surface area contributed by atoms with E-state index in [1.54, 1.807) is 30.5 Å². The standard InChI is InChI=1S/C14H11BrN2O2S2/c1-9-7-13(20-14(9)15)21(18,19)17-11-4-5-12-10(8-11)3-2-6-16-12/h2-8,17H,1H3. The molecule has 2 aromatic heterocycles. The molecule has 108 valence electrons. The highest BCUT2D eigenvalue weighted by Gasteiger charge is 2.18. The fourth-order valence-corrected chi connectivity index (χ4v) is 5.18. The van der Waals surface area contributed by atoms with E-state index in [1.165, 1.54) is 11.3 Å². The van der Waals surface area contributed by atoms with Crippen molar-refractivity contribution in [3.63, 3.8) is 0 Å². The van der Waals surface area contributed by atoms with E-state index in [2.05, 4.69) is 25.6 Å². The van der Waals surface area contributed by atoms with Gasteiger partial charge in [0, 0.05) is 17.3 Å². The third-order valence-corrected chi connectivity index (χ3v) is 6.95. The quantitative estimate of drug-likeness (QED) is 0.739. The average molecular weight is 383 g/mol. The number of nitrogens with zero attached hydrogens (tertiary/aromatic N) is 1. The lowest BCUT2D eigenvalue weighted by Crippen LogP contribution is -2.11. The molecule has 4 nitrogen and oxygen atoms in total. The Kier molecular flexibility index (Phi) is 3.73. The number of pyridine rings is 1. The van der Waals surface area contributed by atoms with E-state index in [-0.39, 0.29) is 4.21 Å². The maximum Gasteiger partial charge on any atom is 0.271 e. The molecule has 3 aromatic rings. The van der Waals surface area contributed by atoms with E-state index >= 15 is 0 Å². The minimum absolute atomic E-state index is 0.290. The van der Waals surface area contributed by atoms with Crippen LogP contribution in [0.4, 0.5) is 5.69 Å². The zero-order valence-electron chi connectivity index (χ0n) is 11.0. The van der Waals surface area contributed by atoms with Gasteiger partial charge >= 0.3 is 0 Å². The summed E-state index contributed by atoms with van der Waals surface area (Å²) in [5.41, 5.74) is 2.26. The van der Waals surface area contributed by atoms with Crippen LogP contribution in [0.25, 0.3) is 10.9 Å². The number of sulfonamides is 1. The molecular formula is C14H11BrN2O2S2. The summed E-state index contributed by atoms with van der Waals surface area (Å²) in [4.78, 5) is 4.21. The fraction of sp³-hybridized carbons (Fsp3) is 0.0714. The predicted octanol–water partition coefficient (Wildman–Crippen LogP) is 4.17. The number of thiophene rings is 1. The molecule has 1 aromatic carbocycles. The Balaban J connectivity index is 1.97. The number of halogens is 1. The third-order valence-electron chi connectivity index (χ3n) is 2.95. The first-order valence-corrected chi connectivity index (χ1v) is 9.18. The van der Waals surface area contributed by atoms with Gasteiger partial charge in [-0.25, -0.2) is 8.42 Å². The number of nitrogens with one attached hydrogen (secondary N) is 1. The van der Waals surface area contributed by atoms with Crippen molar-refractivity contribution in [3.05, 3.63) is 51.9 Å². The van der Waals surface area contributed by atoms with Gasteiger partial charge in [0.25, 0.3) is 10.0 Å². The lowest BCUT2D eigenvalue weighted by molar-refractivity contribution is 0.603. The van der Waals surface area contributed by atoms with Crippen LogP contribution < -0.4 is 4.72 Å². The third kappa shape index (κ3) is 2.95. The number of aryl methyl sites for hydroxylation is 1. The number of aromatic nitrogens is 1. The Bertz CT molecular complexity index is 900. The summed E-state index contributed by atoms with van der Waals surface area (Å²) >= 11 is 4.54. The maximum atomic E-state index is 12.4. The van der Waals surface area contributed by atoms with Crippen molar-refractivity contribution in [1.82, 2.24) is 4.98 Å². The average Bonchev–Trinajstić information content (AvgIpc) is 2.79. The van der Waals surface area contributed by atoms with Gasteiger partial charge in [-0.1, -0.05) is 6.07 Å². The van der Waals surface area contributed by atoms with Crippen LogP contribution in [0, 0.1) is 6.92 Å². The molecule has 0 bridgehead atoms. The molecule has 0 atom stereocenters. The second-order valence-corrected chi connectivity index (χ2v) is 8.82. The van der Waals surface area contributed by atoms with Crippen LogP contribution in [0.5, 0.6) is 0 Å². The zero-order chi connectivity index (χ0) is 15.0. The van der Waals surface area contributed by atoms with E-state index < -0.39 is 10.0 Å². The van der Waals surface area contributed by atoms with E-state index in [0.717, 1.165) is 20.3 Å². The molecule has 0 radical (unpaired) electrons. The van der Waals surface area contributed by atoms with Crippen LogP contribution in [-0.4, -0.2) is 13.4 Å². The Morgan fingerprint density at radius 3 is 2.76 bits per heavy atom. The maximum absolute atomic E-state index is 12.4. The second-order valence-electron chi connectivity index (χ2n) is 4.54. The topological polar surface area (TPSA) is 59.1 Å². The minimum Gasteiger partial charge on any atom is -0.279 e. The molecule has 1 N–H and O–H groups in total. The van der Waals surface area contributed by atoms with Gasteiger partial charge in [-0.2, -0.15) is 0 Å². The lowest BCUT2D eigenvalue weighted by Gasteiger charge is -2.07. The summed E-state index contributed by atoms with van der Waals surface area (Å²) in [5.74, 6) is 0. The van der Waals surface area contributed by atoms with Gasteiger partial charge in [0.1, 0.15) is 4.21 Å². The first kappa shape index (κ1) is 14.5. The van der Waals surface area contributed by atoms with Crippen molar-refractivity contribution in [2.45, 2.75) is 11.1 Å². The number of benzene rings is 1. The van der Waals surface area contributed by atoms with E-state index in [0.29, 0.717) is 5.69 Å². The van der Waals surface area contributed by atoms with Crippen LogP contribution in [0.2, 0.25) is 0 Å². The monoisotopic (exact) mass is 382 g/mol. The Morgan fingerprint density at radius 2 is 2.05 bits per heavy atom. The van der Waals surface area contributed by atoms with Crippen LogP contribution in [0.15, 0.2) is 50.6 Å². The molecule has 7 heteroatoms. The van der Waals surface area contributed by atoms with E-state index in [1.807, 2.05) is 19.1 Å². The number of rotatable bonds is 3. The van der Waals surface area contributed by atoms with Crippen LogP contribution in [-0.2, 0) is 10.0 Å². The van der Waals surface area contributed by atoms with Crippen molar-refractivity contribution in [2.24, 2.45) is 0 Å². The molecule has 2 heterocycles. The molecular weight excluding hydrogens is 372 g/mol. The zero-order valence-corrected chi connectivity index (χ0v) is 14.2. The molecule has 0 saturated heterocycles. The van der Waals surface area contributed by atoms with Crippen LogP contribution >= 0.6 is 27.3 Å². The normalized spacial score (nSPS) is 11.7. The fourth-order valence-electron chi connectivity index (χ4n) is 1.91. The first-order valence-electron chi connectivity index (χ1n) is 6.09. The van der Waals surface area contributed by atoms with Crippen LogP contribution in [0.1, 0.15) is 5.56 Å². The van der Waals surface area contributed by atoms with Gasteiger partial charge in [-0.15, -0.1) is 11.3 Å². The number of fused-ring (bicyclic) bond motifs is 1. The largest absolute Gasteiger partial charge is 0.279 e. The number of hydrogen-bond acceptors (Lipinski definition) is 4. The molecule has 0 unspecified atom stereocenters. The molecule has 0 aliphatic heterocycles. The van der Waals surface area contributed by atoms with Crippen molar-refractivity contribution >= 4 is 53.9 Å². The molecule has 0 spiro atoms. The van der Waals surface area contributed by atoms with E-state index in [4.69, 9.17) is 0 Å². The summed E-state index contributed by atoms with van der Waals surface area (Å²) < 4.78 is 28.4. The molecule has 0 amide bonds. The van der Waals surface area contributed by atoms with Gasteiger partial charge in [0.05, 0.1) is 9.30 Å². The van der Waals surface area contributed by atoms with Crippen molar-refractivity contribution in [3.8, 4) is 0 Å². The van der Waals surface area contributed by atoms with Gasteiger partial charge in [0.15, 0.2) is 0 Å². The predicted molar refractivity (Wildman–Crippen MR) is 89.3 cm³/mol. The number of hydrogen-bond donors (Lipinski definition) is 1. The first-order chi connectivity index (χ1) is 9.95. The van der Waals surface area contributed by atoms with Crippen molar-refractivity contribution in [2.75, 3.05) is 4.72 Å². The summed E-state index contributed by atoms with van der Waals surface area (Å²) in [6, 6.07) is 10.6. The molecule has 0 aliphatic rings. The Labute approximate surface area is 135 Å². The Morgan fingerprint density at radius 1 is 1.24 bits per heavy atom. The summed E-state index contributed by atoms with van der Waals surface area (Å²) in [6.45, 7) is 1.86. The molecule has 0 saturated carbocycles. The summed E-state index contributed by atoms with van der Waals surface area (Å²) in [5, 5.41) is 0.890. The van der Waals surface area contributed by atoms with Crippen molar-refractivity contribution in [1.29, 1.82) is 0 Å². The highest BCUT2D eigenvalue weighted by molar-refractivity contribution is 9.11. The smallest absolute Gasteiger partial charge is 0.271 e. The summed E-state index contributed by atoms with van der Waals surface area (Å²) in [6.07, 6.45) is 1.71. The van der Waals surface area contributed by atoms with Gasteiger partial charge in [-0.3, -0.25) is 9.71 Å². The Hall–Kier alpha value is -1.44. The minimum atomic E-state index is -3.57. The SMILES string of the molecule is Cc1cc(S(=O)(=O)Nc2ccc3ncccc3c2)sc1Br. The molecule has 21 heavy (non-hydrogen) atoms. The van der Waals surface area contributed by atoms with Gasteiger partial charge in [-0.05, 0) is 58.7 Å². The number of anilines is 1. The highest BCUT2D eigenvalue weighted by atomic mass is 79.9. The highest BCUT2D eigenvalue weighted by Crippen LogP contribution is 2.31. The van der Waals surface area contributed by atoms with Crippen LogP contribution in [0.3, 0.4) is 0 Å².